The molecule has 0 heterocycles. The van der Waals surface area contributed by atoms with E-state index in [1.165, 1.54) is 0 Å². The molecule has 0 N–H and O–H groups in total. The van der Waals surface area contributed by atoms with Crippen molar-refractivity contribution in [2.45, 2.75) is 33.4 Å². The first-order valence-electron chi connectivity index (χ1n) is 7.51. The standard InChI is InChI=1S/C18H25N3O/c1-6-21(12-14(2)3)18(22)15(4)20(5)13-17-9-7-16(11-19)8-10-17/h7-10,15H,2,6,12-13H2,1,3-5H3. The van der Waals surface area contributed by atoms with Crippen molar-refractivity contribution in [1.29, 1.82) is 5.26 Å². The normalized spacial score (nSPS) is 11.8. The summed E-state index contributed by atoms with van der Waals surface area (Å²) in [6.45, 7) is 11.7. The van der Waals surface area contributed by atoms with Gasteiger partial charge in [0.15, 0.2) is 0 Å². The van der Waals surface area contributed by atoms with Gasteiger partial charge in [-0.1, -0.05) is 24.3 Å². The summed E-state index contributed by atoms with van der Waals surface area (Å²) in [6.07, 6.45) is 0. The first-order valence-corrected chi connectivity index (χ1v) is 7.51. The highest BCUT2D eigenvalue weighted by molar-refractivity contribution is 5.81. The van der Waals surface area contributed by atoms with E-state index in [4.69, 9.17) is 5.26 Å². The van der Waals surface area contributed by atoms with Crippen molar-refractivity contribution in [3.8, 4) is 6.07 Å². The maximum atomic E-state index is 12.5. The lowest BCUT2D eigenvalue weighted by molar-refractivity contribution is -0.135. The molecule has 0 fully saturated rings. The van der Waals surface area contributed by atoms with E-state index in [1.807, 2.05) is 49.8 Å². The van der Waals surface area contributed by atoms with Crippen LogP contribution in [0.3, 0.4) is 0 Å². The molecule has 0 aliphatic carbocycles. The van der Waals surface area contributed by atoms with Crippen molar-refractivity contribution in [1.82, 2.24) is 9.80 Å². The molecule has 118 valence electrons. The highest BCUT2D eigenvalue weighted by Gasteiger charge is 2.22. The fourth-order valence-electron chi connectivity index (χ4n) is 2.23. The maximum Gasteiger partial charge on any atom is 0.239 e. The van der Waals surface area contributed by atoms with Crippen molar-refractivity contribution in [2.75, 3.05) is 20.1 Å². The van der Waals surface area contributed by atoms with Crippen LogP contribution in [0.5, 0.6) is 0 Å². The Labute approximate surface area is 133 Å². The SMILES string of the molecule is C=C(C)CN(CC)C(=O)C(C)N(C)Cc1ccc(C#N)cc1. The Bertz CT molecular complexity index is 557. The van der Waals surface area contributed by atoms with Crippen molar-refractivity contribution in [3.63, 3.8) is 0 Å². The van der Waals surface area contributed by atoms with Crippen molar-refractivity contribution in [2.24, 2.45) is 0 Å². The Balaban J connectivity index is 2.70. The topological polar surface area (TPSA) is 47.3 Å². The molecule has 1 atom stereocenters. The number of rotatable bonds is 7. The number of hydrogen-bond donors (Lipinski definition) is 0. The van der Waals surface area contributed by atoms with Crippen LogP contribution in [0.25, 0.3) is 0 Å². The van der Waals surface area contributed by atoms with Crippen molar-refractivity contribution in [3.05, 3.63) is 47.5 Å². The molecule has 0 aliphatic heterocycles. The average molecular weight is 299 g/mol. The Morgan fingerprint density at radius 1 is 1.36 bits per heavy atom. The van der Waals surface area contributed by atoms with Gasteiger partial charge in [0.1, 0.15) is 0 Å². The molecule has 0 radical (unpaired) electrons. The van der Waals surface area contributed by atoms with Gasteiger partial charge in [-0.3, -0.25) is 9.69 Å². The van der Waals surface area contributed by atoms with Gasteiger partial charge in [-0.2, -0.15) is 5.26 Å². The quantitative estimate of drug-likeness (QED) is 0.727. The molecule has 0 saturated carbocycles. The molecule has 4 nitrogen and oxygen atoms in total. The predicted molar refractivity (Wildman–Crippen MR) is 89.2 cm³/mol. The first kappa shape index (κ1) is 17.9. The smallest absolute Gasteiger partial charge is 0.239 e. The Kier molecular flexibility index (Phi) is 6.81. The van der Waals surface area contributed by atoms with Crippen LogP contribution in [-0.2, 0) is 11.3 Å². The third kappa shape index (κ3) is 5.01. The van der Waals surface area contributed by atoms with Crippen molar-refractivity contribution < 1.29 is 4.79 Å². The molecule has 0 bridgehead atoms. The van der Waals surface area contributed by atoms with Gasteiger partial charge < -0.3 is 4.90 Å². The molecule has 1 rings (SSSR count). The Morgan fingerprint density at radius 2 is 1.95 bits per heavy atom. The van der Waals surface area contributed by atoms with Gasteiger partial charge in [-0.05, 0) is 45.5 Å². The molecule has 1 unspecified atom stereocenters. The highest BCUT2D eigenvalue weighted by atomic mass is 16.2. The third-order valence-electron chi connectivity index (χ3n) is 3.69. The number of hydrogen-bond acceptors (Lipinski definition) is 3. The van der Waals surface area contributed by atoms with Crippen LogP contribution >= 0.6 is 0 Å². The summed E-state index contributed by atoms with van der Waals surface area (Å²) in [7, 11) is 1.94. The minimum Gasteiger partial charge on any atom is -0.338 e. The van der Waals surface area contributed by atoms with E-state index in [9.17, 15) is 4.79 Å². The molecule has 0 saturated heterocycles. The van der Waals surface area contributed by atoms with Gasteiger partial charge in [-0.15, -0.1) is 0 Å². The van der Waals surface area contributed by atoms with Gasteiger partial charge in [0.05, 0.1) is 17.7 Å². The number of nitrogens with zero attached hydrogens (tertiary/aromatic N) is 3. The number of carbonyl (C=O) groups excluding carboxylic acids is 1. The van der Waals surface area contributed by atoms with Crippen LogP contribution in [0.15, 0.2) is 36.4 Å². The summed E-state index contributed by atoms with van der Waals surface area (Å²) in [5.74, 6) is 0.113. The zero-order chi connectivity index (χ0) is 16.7. The van der Waals surface area contributed by atoms with Gasteiger partial charge in [-0.25, -0.2) is 0 Å². The molecule has 1 amide bonds. The highest BCUT2D eigenvalue weighted by Crippen LogP contribution is 2.10. The van der Waals surface area contributed by atoms with Crippen LogP contribution in [0.4, 0.5) is 0 Å². The van der Waals surface area contributed by atoms with E-state index in [-0.39, 0.29) is 11.9 Å². The van der Waals surface area contributed by atoms with E-state index in [0.29, 0.717) is 25.2 Å². The molecule has 1 aromatic carbocycles. The van der Waals surface area contributed by atoms with Crippen LogP contribution < -0.4 is 0 Å². The van der Waals surface area contributed by atoms with Crippen LogP contribution in [0.2, 0.25) is 0 Å². The number of benzene rings is 1. The third-order valence-corrected chi connectivity index (χ3v) is 3.69. The maximum absolute atomic E-state index is 12.5. The monoisotopic (exact) mass is 299 g/mol. The molecule has 0 aliphatic rings. The first-order chi connectivity index (χ1) is 10.4. The van der Waals surface area contributed by atoms with Crippen molar-refractivity contribution >= 4 is 5.91 Å². The second kappa shape index (κ2) is 8.35. The van der Waals surface area contributed by atoms with Gasteiger partial charge in [0, 0.05) is 19.6 Å². The number of nitriles is 1. The summed E-state index contributed by atoms with van der Waals surface area (Å²) >= 11 is 0. The fraction of sp³-hybridized carbons (Fsp3) is 0.444. The van der Waals surface area contributed by atoms with E-state index < -0.39 is 0 Å². The number of amides is 1. The predicted octanol–water partition coefficient (Wildman–Crippen LogP) is 2.80. The molecular formula is C18H25N3O. The lowest BCUT2D eigenvalue weighted by Gasteiger charge is -2.30. The zero-order valence-corrected chi connectivity index (χ0v) is 14.0. The summed E-state index contributed by atoms with van der Waals surface area (Å²) in [4.78, 5) is 16.4. The molecule has 4 heteroatoms. The van der Waals surface area contributed by atoms with E-state index >= 15 is 0 Å². The molecule has 0 spiro atoms. The van der Waals surface area contributed by atoms with Gasteiger partial charge in [0.25, 0.3) is 0 Å². The number of carbonyl (C=O) groups is 1. The Hall–Kier alpha value is -2.12. The second-order valence-electron chi connectivity index (χ2n) is 5.71. The van der Waals surface area contributed by atoms with E-state index in [0.717, 1.165) is 11.1 Å². The largest absolute Gasteiger partial charge is 0.338 e. The fourth-order valence-corrected chi connectivity index (χ4v) is 2.23. The zero-order valence-electron chi connectivity index (χ0n) is 14.0. The lowest BCUT2D eigenvalue weighted by atomic mass is 10.1. The molecular weight excluding hydrogens is 274 g/mol. The number of likely N-dealkylation sites (N-methyl/N-ethyl adjacent to an activating group) is 2. The molecule has 1 aromatic rings. The Morgan fingerprint density at radius 3 is 2.41 bits per heavy atom. The summed E-state index contributed by atoms with van der Waals surface area (Å²) in [6, 6.07) is 9.37. The van der Waals surface area contributed by atoms with E-state index in [1.54, 1.807) is 12.1 Å². The van der Waals surface area contributed by atoms with Crippen LogP contribution in [0.1, 0.15) is 31.9 Å². The minimum absolute atomic E-state index is 0.113. The van der Waals surface area contributed by atoms with Crippen LogP contribution in [-0.4, -0.2) is 41.9 Å². The second-order valence-corrected chi connectivity index (χ2v) is 5.71. The van der Waals surface area contributed by atoms with E-state index in [2.05, 4.69) is 12.6 Å². The van der Waals surface area contributed by atoms with Crippen LogP contribution in [0, 0.1) is 11.3 Å². The summed E-state index contributed by atoms with van der Waals surface area (Å²) < 4.78 is 0. The summed E-state index contributed by atoms with van der Waals surface area (Å²) in [5.41, 5.74) is 2.72. The average Bonchev–Trinajstić information content (AvgIpc) is 2.51. The minimum atomic E-state index is -0.199. The van der Waals surface area contributed by atoms with Gasteiger partial charge >= 0.3 is 0 Å². The summed E-state index contributed by atoms with van der Waals surface area (Å²) in [5, 5.41) is 8.81. The molecule has 22 heavy (non-hydrogen) atoms. The van der Waals surface area contributed by atoms with Gasteiger partial charge in [0.2, 0.25) is 5.91 Å². The lowest BCUT2D eigenvalue weighted by Crippen LogP contribution is -2.45. The molecule has 0 aromatic heterocycles.